The van der Waals surface area contributed by atoms with Crippen molar-refractivity contribution >= 4 is 29.0 Å². The third kappa shape index (κ3) is 4.09. The molecule has 28 heavy (non-hydrogen) atoms. The van der Waals surface area contributed by atoms with Crippen LogP contribution in [0.4, 0.5) is 0 Å². The monoisotopic (exact) mass is 418 g/mol. The fraction of sp³-hybridized carbons (Fsp3) is 0.571. The topological polar surface area (TPSA) is 49.3 Å². The van der Waals surface area contributed by atoms with E-state index in [1.54, 1.807) is 0 Å². The summed E-state index contributed by atoms with van der Waals surface area (Å²) in [4.78, 5) is 17.5. The Morgan fingerprint density at radius 3 is 2.68 bits per heavy atom. The molecule has 1 aromatic carbocycles. The Morgan fingerprint density at radius 2 is 1.96 bits per heavy atom. The SMILES string of the molecule is CC1CCCN(CC(=O)N2C[C@H](c3ccc(Cl)cc3)[C@@H](c3csnn3)C2)C1C. The second-order valence-corrected chi connectivity index (χ2v) is 9.27. The van der Waals surface area contributed by atoms with Crippen molar-refractivity contribution in [3.05, 3.63) is 45.9 Å². The summed E-state index contributed by atoms with van der Waals surface area (Å²) >= 11 is 7.45. The summed E-state index contributed by atoms with van der Waals surface area (Å²) in [7, 11) is 0. The van der Waals surface area contributed by atoms with Gasteiger partial charge in [-0.25, -0.2) is 0 Å². The number of hydrogen-bond donors (Lipinski definition) is 0. The summed E-state index contributed by atoms with van der Waals surface area (Å²) in [6.45, 7) is 7.50. The molecule has 1 amide bonds. The molecule has 2 fully saturated rings. The first-order valence-corrected chi connectivity index (χ1v) is 11.3. The number of nitrogens with zero attached hydrogens (tertiary/aromatic N) is 4. The first kappa shape index (κ1) is 19.8. The summed E-state index contributed by atoms with van der Waals surface area (Å²) in [5.74, 6) is 1.28. The number of carbonyl (C=O) groups excluding carboxylic acids is 1. The van der Waals surface area contributed by atoms with Crippen LogP contribution in [0.25, 0.3) is 0 Å². The first-order valence-electron chi connectivity index (χ1n) is 10.1. The van der Waals surface area contributed by atoms with E-state index >= 15 is 0 Å². The van der Waals surface area contributed by atoms with Gasteiger partial charge in [0.1, 0.15) is 0 Å². The summed E-state index contributed by atoms with van der Waals surface area (Å²) in [5, 5.41) is 7.06. The largest absolute Gasteiger partial charge is 0.340 e. The van der Waals surface area contributed by atoms with Crippen LogP contribution in [0.3, 0.4) is 0 Å². The molecule has 2 aliphatic rings. The number of amides is 1. The maximum atomic E-state index is 13.1. The first-order chi connectivity index (χ1) is 13.5. The van der Waals surface area contributed by atoms with E-state index in [0.717, 1.165) is 23.8 Å². The van der Waals surface area contributed by atoms with Gasteiger partial charge in [0.15, 0.2) is 0 Å². The highest BCUT2D eigenvalue weighted by molar-refractivity contribution is 7.03. The smallest absolute Gasteiger partial charge is 0.236 e. The quantitative estimate of drug-likeness (QED) is 0.752. The number of halogens is 1. The summed E-state index contributed by atoms with van der Waals surface area (Å²) in [6, 6.07) is 8.46. The molecule has 0 bridgehead atoms. The zero-order valence-electron chi connectivity index (χ0n) is 16.4. The summed E-state index contributed by atoms with van der Waals surface area (Å²) < 4.78 is 4.05. The minimum atomic E-state index is 0.182. The minimum absolute atomic E-state index is 0.182. The van der Waals surface area contributed by atoms with Crippen molar-refractivity contribution < 1.29 is 4.79 Å². The number of rotatable bonds is 4. The van der Waals surface area contributed by atoms with E-state index in [2.05, 4.69) is 40.5 Å². The Balaban J connectivity index is 1.51. The minimum Gasteiger partial charge on any atom is -0.340 e. The zero-order chi connectivity index (χ0) is 19.7. The zero-order valence-corrected chi connectivity index (χ0v) is 18.0. The van der Waals surface area contributed by atoms with Crippen LogP contribution >= 0.6 is 23.1 Å². The van der Waals surface area contributed by atoms with Crippen molar-refractivity contribution in [2.75, 3.05) is 26.2 Å². The van der Waals surface area contributed by atoms with Gasteiger partial charge < -0.3 is 4.90 Å². The lowest BCUT2D eigenvalue weighted by Gasteiger charge is -2.38. The van der Waals surface area contributed by atoms with Gasteiger partial charge in [-0.15, -0.1) is 5.10 Å². The van der Waals surface area contributed by atoms with Crippen LogP contribution in [-0.2, 0) is 4.79 Å². The molecule has 5 nitrogen and oxygen atoms in total. The Labute approximate surface area is 175 Å². The van der Waals surface area contributed by atoms with Gasteiger partial charge in [0.2, 0.25) is 5.91 Å². The van der Waals surface area contributed by atoms with E-state index in [4.69, 9.17) is 11.6 Å². The van der Waals surface area contributed by atoms with Crippen molar-refractivity contribution in [1.82, 2.24) is 19.4 Å². The van der Waals surface area contributed by atoms with Crippen LogP contribution in [0, 0.1) is 5.92 Å². The molecular weight excluding hydrogens is 392 g/mol. The van der Waals surface area contributed by atoms with E-state index in [-0.39, 0.29) is 17.7 Å². The van der Waals surface area contributed by atoms with Gasteiger partial charge in [-0.2, -0.15) is 0 Å². The summed E-state index contributed by atoms with van der Waals surface area (Å²) in [5.41, 5.74) is 2.19. The predicted molar refractivity (Wildman–Crippen MR) is 113 cm³/mol. The van der Waals surface area contributed by atoms with Crippen molar-refractivity contribution in [2.24, 2.45) is 5.92 Å². The van der Waals surface area contributed by atoms with Gasteiger partial charge in [-0.3, -0.25) is 9.69 Å². The molecule has 7 heteroatoms. The summed E-state index contributed by atoms with van der Waals surface area (Å²) in [6.07, 6.45) is 2.44. The molecule has 0 radical (unpaired) electrons. The molecule has 4 atom stereocenters. The third-order valence-corrected chi connectivity index (χ3v) is 7.34. The van der Waals surface area contributed by atoms with Crippen LogP contribution in [0.2, 0.25) is 5.02 Å². The molecule has 2 unspecified atom stereocenters. The fourth-order valence-electron chi connectivity index (χ4n) is 4.61. The Morgan fingerprint density at radius 1 is 1.21 bits per heavy atom. The Kier molecular flexibility index (Phi) is 5.99. The van der Waals surface area contributed by atoms with E-state index in [0.29, 0.717) is 25.0 Å². The average molecular weight is 419 g/mol. The number of piperidine rings is 1. The molecule has 0 aliphatic carbocycles. The van der Waals surface area contributed by atoms with Crippen LogP contribution < -0.4 is 0 Å². The number of hydrogen-bond acceptors (Lipinski definition) is 5. The molecule has 3 heterocycles. The Bertz CT molecular complexity index is 797. The molecule has 2 aliphatic heterocycles. The lowest BCUT2D eigenvalue weighted by atomic mass is 9.87. The number of carbonyl (C=O) groups is 1. The van der Waals surface area contributed by atoms with Crippen molar-refractivity contribution in [1.29, 1.82) is 0 Å². The van der Waals surface area contributed by atoms with Gasteiger partial charge in [-0.05, 0) is 61.5 Å². The number of aromatic nitrogens is 2. The lowest BCUT2D eigenvalue weighted by Crippen LogP contribution is -2.48. The predicted octanol–water partition coefficient (Wildman–Crippen LogP) is 4.02. The van der Waals surface area contributed by atoms with Gasteiger partial charge in [0, 0.05) is 41.4 Å². The highest BCUT2D eigenvalue weighted by atomic mass is 35.5. The molecule has 4 rings (SSSR count). The normalized spacial score (nSPS) is 28.6. The molecule has 2 aromatic rings. The molecule has 2 saturated heterocycles. The highest BCUT2D eigenvalue weighted by Crippen LogP contribution is 2.39. The van der Waals surface area contributed by atoms with Crippen molar-refractivity contribution in [3.8, 4) is 0 Å². The van der Waals surface area contributed by atoms with Gasteiger partial charge >= 0.3 is 0 Å². The van der Waals surface area contributed by atoms with E-state index in [1.807, 2.05) is 22.4 Å². The maximum absolute atomic E-state index is 13.1. The van der Waals surface area contributed by atoms with E-state index in [1.165, 1.54) is 29.9 Å². The molecule has 0 saturated carbocycles. The molecule has 150 valence electrons. The third-order valence-electron chi connectivity index (χ3n) is 6.57. The van der Waals surface area contributed by atoms with Crippen LogP contribution in [0.15, 0.2) is 29.6 Å². The van der Waals surface area contributed by atoms with Gasteiger partial charge in [0.25, 0.3) is 0 Å². The fourth-order valence-corrected chi connectivity index (χ4v) is 5.25. The van der Waals surface area contributed by atoms with Crippen molar-refractivity contribution in [3.63, 3.8) is 0 Å². The van der Waals surface area contributed by atoms with Gasteiger partial charge in [0.05, 0.1) is 12.2 Å². The average Bonchev–Trinajstić information content (AvgIpc) is 3.35. The molecule has 0 spiro atoms. The standard InChI is InChI=1S/C21H27ClN4OS/c1-14-4-3-9-25(15(14)2)12-21(27)26-10-18(16-5-7-17(22)8-6-16)19(11-26)20-13-28-24-23-20/h5-8,13-15,18-19H,3-4,9-12H2,1-2H3/t14?,15?,18-,19+/m1/s1. The second kappa shape index (κ2) is 8.47. The van der Waals surface area contributed by atoms with Crippen LogP contribution in [0.5, 0.6) is 0 Å². The second-order valence-electron chi connectivity index (χ2n) is 8.22. The van der Waals surface area contributed by atoms with E-state index < -0.39 is 0 Å². The Hall–Kier alpha value is -1.50. The number of likely N-dealkylation sites (tertiary alicyclic amines) is 2. The maximum Gasteiger partial charge on any atom is 0.236 e. The lowest BCUT2D eigenvalue weighted by molar-refractivity contribution is -0.132. The van der Waals surface area contributed by atoms with Crippen molar-refractivity contribution in [2.45, 2.75) is 44.6 Å². The molecule has 0 N–H and O–H groups in total. The number of benzene rings is 1. The van der Waals surface area contributed by atoms with E-state index in [9.17, 15) is 4.79 Å². The highest BCUT2D eigenvalue weighted by Gasteiger charge is 2.39. The molecule has 1 aromatic heterocycles. The van der Waals surface area contributed by atoms with Gasteiger partial charge in [-0.1, -0.05) is 35.1 Å². The van der Waals surface area contributed by atoms with Crippen LogP contribution in [0.1, 0.15) is 49.8 Å². The van der Waals surface area contributed by atoms with Crippen LogP contribution in [-0.4, -0.2) is 57.5 Å². The molecular formula is C21H27ClN4OS.